The number of ether oxygens (including phenoxy) is 1. The topological polar surface area (TPSA) is 62.8 Å². The first kappa shape index (κ1) is 13.7. The Kier molecular flexibility index (Phi) is 4.64. The van der Waals surface area contributed by atoms with E-state index < -0.39 is 6.61 Å². The third-order valence-corrected chi connectivity index (χ3v) is 2.55. The van der Waals surface area contributed by atoms with Gasteiger partial charge in [-0.3, -0.25) is 5.10 Å². The van der Waals surface area contributed by atoms with Crippen LogP contribution >= 0.6 is 11.6 Å². The molecule has 5 nitrogen and oxygen atoms in total. The van der Waals surface area contributed by atoms with Gasteiger partial charge in [-0.1, -0.05) is 11.6 Å². The largest absolute Gasteiger partial charge is 0.434 e. The molecule has 0 spiro atoms. The Labute approximate surface area is 112 Å². The second-order valence-corrected chi connectivity index (χ2v) is 4.10. The van der Waals surface area contributed by atoms with Crippen molar-refractivity contribution in [3.05, 3.63) is 40.9 Å². The van der Waals surface area contributed by atoms with Crippen molar-refractivity contribution in [1.82, 2.24) is 20.5 Å². The van der Waals surface area contributed by atoms with Gasteiger partial charge < -0.3 is 10.1 Å². The molecule has 0 saturated heterocycles. The Hall–Kier alpha value is -1.73. The number of benzene rings is 1. The van der Waals surface area contributed by atoms with E-state index in [1.54, 1.807) is 6.07 Å². The van der Waals surface area contributed by atoms with Gasteiger partial charge in [0.05, 0.1) is 6.54 Å². The summed E-state index contributed by atoms with van der Waals surface area (Å²) in [7, 11) is 0. The smallest absolute Gasteiger partial charge is 0.387 e. The molecule has 19 heavy (non-hydrogen) atoms. The monoisotopic (exact) mass is 288 g/mol. The van der Waals surface area contributed by atoms with Crippen LogP contribution in [0.4, 0.5) is 8.78 Å². The first-order valence-corrected chi connectivity index (χ1v) is 5.81. The Morgan fingerprint density at radius 2 is 2.21 bits per heavy atom. The number of nitrogens with one attached hydrogen (secondary N) is 2. The van der Waals surface area contributed by atoms with Crippen molar-refractivity contribution in [2.45, 2.75) is 19.7 Å². The summed E-state index contributed by atoms with van der Waals surface area (Å²) in [5.41, 5.74) is 0.548. The van der Waals surface area contributed by atoms with Gasteiger partial charge in [0.15, 0.2) is 0 Å². The zero-order valence-electron chi connectivity index (χ0n) is 9.74. The Balaban J connectivity index is 1.99. The highest BCUT2D eigenvalue weighted by atomic mass is 35.5. The highest BCUT2D eigenvalue weighted by molar-refractivity contribution is 6.30. The lowest BCUT2D eigenvalue weighted by atomic mass is 10.2. The third kappa shape index (κ3) is 4.15. The van der Waals surface area contributed by atoms with Crippen LogP contribution in [0.3, 0.4) is 0 Å². The molecule has 2 aromatic rings. The molecular formula is C11H11ClF2N4O. The van der Waals surface area contributed by atoms with Crippen molar-refractivity contribution in [3.8, 4) is 5.75 Å². The summed E-state index contributed by atoms with van der Waals surface area (Å²) in [6, 6.07) is 4.49. The van der Waals surface area contributed by atoms with Crippen LogP contribution in [0.1, 0.15) is 11.4 Å². The van der Waals surface area contributed by atoms with Crippen molar-refractivity contribution < 1.29 is 13.5 Å². The number of halogens is 3. The molecule has 0 aliphatic heterocycles. The predicted octanol–water partition coefficient (Wildman–Crippen LogP) is 2.35. The maximum absolute atomic E-state index is 12.2. The molecular weight excluding hydrogens is 278 g/mol. The van der Waals surface area contributed by atoms with Gasteiger partial charge in [0.1, 0.15) is 17.9 Å². The molecule has 0 aliphatic carbocycles. The fourth-order valence-corrected chi connectivity index (χ4v) is 1.72. The molecule has 0 bridgehead atoms. The molecule has 0 unspecified atom stereocenters. The molecule has 102 valence electrons. The van der Waals surface area contributed by atoms with E-state index in [2.05, 4.69) is 25.2 Å². The molecule has 2 N–H and O–H groups in total. The number of aromatic nitrogens is 3. The molecule has 0 fully saturated rings. The van der Waals surface area contributed by atoms with Crippen LogP contribution in [-0.4, -0.2) is 21.8 Å². The Bertz CT molecular complexity index is 521. The minimum atomic E-state index is -2.87. The van der Waals surface area contributed by atoms with Crippen LogP contribution in [0.5, 0.6) is 5.75 Å². The molecule has 0 aliphatic rings. The highest BCUT2D eigenvalue weighted by Crippen LogP contribution is 2.24. The Morgan fingerprint density at radius 3 is 2.89 bits per heavy atom. The maximum atomic E-state index is 12.2. The van der Waals surface area contributed by atoms with Crippen molar-refractivity contribution in [1.29, 1.82) is 0 Å². The number of hydrogen-bond donors (Lipinski definition) is 2. The van der Waals surface area contributed by atoms with E-state index in [-0.39, 0.29) is 5.75 Å². The quantitative estimate of drug-likeness (QED) is 0.856. The number of hydrogen-bond acceptors (Lipinski definition) is 4. The zero-order valence-corrected chi connectivity index (χ0v) is 10.5. The van der Waals surface area contributed by atoms with Gasteiger partial charge in [0, 0.05) is 17.1 Å². The Morgan fingerprint density at radius 1 is 1.37 bits per heavy atom. The van der Waals surface area contributed by atoms with E-state index in [9.17, 15) is 8.78 Å². The number of nitrogens with zero attached hydrogens (tertiary/aromatic N) is 2. The van der Waals surface area contributed by atoms with Gasteiger partial charge in [-0.05, 0) is 18.2 Å². The van der Waals surface area contributed by atoms with Crippen LogP contribution in [0.2, 0.25) is 5.02 Å². The van der Waals surface area contributed by atoms with Crippen LogP contribution in [0.25, 0.3) is 0 Å². The average molecular weight is 289 g/mol. The third-order valence-electron chi connectivity index (χ3n) is 2.31. The summed E-state index contributed by atoms with van der Waals surface area (Å²) in [4.78, 5) is 3.93. The summed E-state index contributed by atoms with van der Waals surface area (Å²) in [6.45, 7) is -2.11. The summed E-state index contributed by atoms with van der Waals surface area (Å²) >= 11 is 5.83. The van der Waals surface area contributed by atoms with Crippen LogP contribution in [-0.2, 0) is 13.1 Å². The molecule has 8 heteroatoms. The van der Waals surface area contributed by atoms with E-state index in [4.69, 9.17) is 11.6 Å². The lowest BCUT2D eigenvalue weighted by molar-refractivity contribution is -0.0505. The lowest BCUT2D eigenvalue weighted by Crippen LogP contribution is -2.15. The van der Waals surface area contributed by atoms with Crippen molar-refractivity contribution in [2.24, 2.45) is 0 Å². The predicted molar refractivity (Wildman–Crippen MR) is 65.0 cm³/mol. The van der Waals surface area contributed by atoms with Gasteiger partial charge in [-0.25, -0.2) is 4.98 Å². The molecule has 0 saturated carbocycles. The van der Waals surface area contributed by atoms with Gasteiger partial charge in [-0.15, -0.1) is 0 Å². The molecule has 0 amide bonds. The number of H-pyrrole nitrogens is 1. The minimum Gasteiger partial charge on any atom is -0.434 e. The summed E-state index contributed by atoms with van der Waals surface area (Å²) < 4.78 is 28.9. The summed E-state index contributed by atoms with van der Waals surface area (Å²) in [5, 5.41) is 9.86. The fraction of sp³-hybridized carbons (Fsp3) is 0.273. The van der Waals surface area contributed by atoms with Crippen LogP contribution in [0.15, 0.2) is 24.5 Å². The summed E-state index contributed by atoms with van der Waals surface area (Å²) in [5.74, 6) is 0.753. The average Bonchev–Trinajstić information content (AvgIpc) is 2.85. The first-order valence-electron chi connectivity index (χ1n) is 5.43. The van der Waals surface area contributed by atoms with Gasteiger partial charge in [0.25, 0.3) is 0 Å². The molecule has 1 aromatic heterocycles. The number of rotatable bonds is 6. The fourth-order valence-electron chi connectivity index (χ4n) is 1.53. The van der Waals surface area contributed by atoms with Crippen molar-refractivity contribution >= 4 is 11.6 Å². The first-order chi connectivity index (χ1) is 9.15. The molecule has 0 atom stereocenters. The van der Waals surface area contributed by atoms with Crippen molar-refractivity contribution in [2.75, 3.05) is 0 Å². The van der Waals surface area contributed by atoms with E-state index >= 15 is 0 Å². The van der Waals surface area contributed by atoms with Crippen LogP contribution in [0, 0.1) is 0 Å². The zero-order chi connectivity index (χ0) is 13.7. The van der Waals surface area contributed by atoms with Gasteiger partial charge in [0.2, 0.25) is 0 Å². The SMILES string of the molecule is FC(F)Oc1ccc(Cl)cc1CNCc1ncn[nH]1. The number of aromatic amines is 1. The second kappa shape index (κ2) is 6.44. The normalized spacial score (nSPS) is 10.9. The maximum Gasteiger partial charge on any atom is 0.387 e. The molecule has 1 heterocycles. The summed E-state index contributed by atoms with van der Waals surface area (Å²) in [6.07, 6.45) is 1.39. The van der Waals surface area contributed by atoms with E-state index in [1.165, 1.54) is 18.5 Å². The molecule has 0 radical (unpaired) electrons. The standard InChI is InChI=1S/C11H11ClF2N4O/c12-8-1-2-9(19-11(13)14)7(3-8)4-15-5-10-16-6-17-18-10/h1-3,6,11,15H,4-5H2,(H,16,17,18). The van der Waals surface area contributed by atoms with Gasteiger partial charge >= 0.3 is 6.61 Å². The van der Waals surface area contributed by atoms with Crippen molar-refractivity contribution in [3.63, 3.8) is 0 Å². The molecule has 2 rings (SSSR count). The lowest BCUT2D eigenvalue weighted by Gasteiger charge is -2.11. The van der Waals surface area contributed by atoms with Gasteiger partial charge in [-0.2, -0.15) is 13.9 Å². The van der Waals surface area contributed by atoms with E-state index in [1.807, 2.05) is 0 Å². The second-order valence-electron chi connectivity index (χ2n) is 3.67. The van der Waals surface area contributed by atoms with E-state index in [0.717, 1.165) is 0 Å². The highest BCUT2D eigenvalue weighted by Gasteiger charge is 2.10. The minimum absolute atomic E-state index is 0.101. The van der Waals surface area contributed by atoms with Crippen LogP contribution < -0.4 is 10.1 Å². The van der Waals surface area contributed by atoms with E-state index in [0.29, 0.717) is 29.5 Å². The number of alkyl halides is 2. The molecule has 1 aromatic carbocycles.